The van der Waals surface area contributed by atoms with Crippen LogP contribution in [0.1, 0.15) is 48.8 Å². The largest absolute Gasteiger partial charge is 0.348 e. The highest BCUT2D eigenvalue weighted by atomic mass is 32.2. The molecule has 0 bridgehead atoms. The zero-order valence-corrected chi connectivity index (χ0v) is 19.9. The van der Waals surface area contributed by atoms with Crippen molar-refractivity contribution in [2.24, 2.45) is 0 Å². The fourth-order valence-electron chi connectivity index (χ4n) is 4.42. The Hall–Kier alpha value is -2.64. The Bertz CT molecular complexity index is 1050. The number of nitrogens with one attached hydrogen (secondary N) is 1. The van der Waals surface area contributed by atoms with Crippen LogP contribution < -0.4 is 9.62 Å². The molecule has 0 unspecified atom stereocenters. The van der Waals surface area contributed by atoms with Crippen LogP contribution in [0.5, 0.6) is 0 Å². The summed E-state index contributed by atoms with van der Waals surface area (Å²) in [5.74, 6) is 0.0468. The zero-order chi connectivity index (χ0) is 23.1. The number of carbonyl (C=O) groups is 1. The quantitative estimate of drug-likeness (QED) is 0.627. The molecular weight excluding hydrogens is 434 g/mol. The number of sulfonamides is 1. The fourth-order valence-corrected chi connectivity index (χ4v) is 5.98. The lowest BCUT2D eigenvalue weighted by molar-refractivity contribution is -0.116. The lowest BCUT2D eigenvalue weighted by Crippen LogP contribution is -2.24. The number of rotatable bonds is 7. The van der Waals surface area contributed by atoms with Gasteiger partial charge in [0, 0.05) is 25.7 Å². The molecule has 0 saturated carbocycles. The van der Waals surface area contributed by atoms with Gasteiger partial charge in [-0.15, -0.1) is 0 Å². The van der Waals surface area contributed by atoms with Crippen LogP contribution in [0.4, 0.5) is 5.69 Å². The fraction of sp³-hybridized carbons (Fsp3) is 0.423. The number of anilines is 1. The smallest absolute Gasteiger partial charge is 0.244 e. The third-order valence-electron chi connectivity index (χ3n) is 6.30. The molecule has 0 spiro atoms. The van der Waals surface area contributed by atoms with Gasteiger partial charge in [-0.25, -0.2) is 8.42 Å². The standard InChI is InChI=1S/C26H33N3O3S/c30-26(15-12-22-10-13-25(14-11-22)29-18-5-19-33(29,31)32)27-20-23-6-8-24(9-7-23)21-28-16-3-1-2-4-17-28/h6-15H,1-5,16-21H2,(H,27,30)/b15-12+. The summed E-state index contributed by atoms with van der Waals surface area (Å²) in [5, 5.41) is 2.92. The molecule has 1 N–H and O–H groups in total. The van der Waals surface area contributed by atoms with Gasteiger partial charge < -0.3 is 5.32 Å². The van der Waals surface area contributed by atoms with E-state index in [1.165, 1.54) is 54.7 Å². The van der Waals surface area contributed by atoms with Crippen molar-refractivity contribution in [1.29, 1.82) is 0 Å². The Balaban J connectivity index is 1.24. The van der Waals surface area contributed by atoms with Crippen LogP contribution in [0, 0.1) is 0 Å². The summed E-state index contributed by atoms with van der Waals surface area (Å²) in [5.41, 5.74) is 3.92. The van der Waals surface area contributed by atoms with Crippen molar-refractivity contribution < 1.29 is 13.2 Å². The molecule has 2 aliphatic heterocycles. The van der Waals surface area contributed by atoms with Crippen molar-refractivity contribution in [1.82, 2.24) is 10.2 Å². The molecule has 0 aliphatic carbocycles. The maximum Gasteiger partial charge on any atom is 0.244 e. The molecule has 0 atom stereocenters. The van der Waals surface area contributed by atoms with Gasteiger partial charge in [0.15, 0.2) is 0 Å². The highest BCUT2D eigenvalue weighted by Gasteiger charge is 2.28. The van der Waals surface area contributed by atoms with Gasteiger partial charge in [-0.2, -0.15) is 0 Å². The van der Waals surface area contributed by atoms with E-state index in [0.29, 0.717) is 25.2 Å². The Morgan fingerprint density at radius 3 is 2.15 bits per heavy atom. The molecule has 2 aliphatic rings. The van der Waals surface area contributed by atoms with Crippen LogP contribution in [0.15, 0.2) is 54.6 Å². The molecule has 2 heterocycles. The zero-order valence-electron chi connectivity index (χ0n) is 19.1. The first kappa shape index (κ1) is 23.5. The Kier molecular flexibility index (Phi) is 7.83. The van der Waals surface area contributed by atoms with Crippen molar-refractivity contribution in [3.8, 4) is 0 Å². The summed E-state index contributed by atoms with van der Waals surface area (Å²) in [6.07, 6.45) is 9.18. The maximum atomic E-state index is 12.2. The second kappa shape index (κ2) is 11.0. The minimum absolute atomic E-state index is 0.158. The lowest BCUT2D eigenvalue weighted by Gasteiger charge is -2.19. The molecule has 33 heavy (non-hydrogen) atoms. The average Bonchev–Trinajstić information content (AvgIpc) is 3.00. The maximum absolute atomic E-state index is 12.2. The van der Waals surface area contributed by atoms with E-state index >= 15 is 0 Å². The van der Waals surface area contributed by atoms with Gasteiger partial charge in [0.25, 0.3) is 0 Å². The van der Waals surface area contributed by atoms with Gasteiger partial charge in [0.05, 0.1) is 11.4 Å². The minimum Gasteiger partial charge on any atom is -0.348 e. The Morgan fingerprint density at radius 1 is 0.848 bits per heavy atom. The van der Waals surface area contributed by atoms with E-state index < -0.39 is 10.0 Å². The monoisotopic (exact) mass is 467 g/mol. The summed E-state index contributed by atoms with van der Waals surface area (Å²) < 4.78 is 25.5. The van der Waals surface area contributed by atoms with Gasteiger partial charge in [-0.05, 0) is 67.3 Å². The number of benzene rings is 2. The molecule has 7 heteroatoms. The molecule has 6 nitrogen and oxygen atoms in total. The first-order valence-electron chi connectivity index (χ1n) is 11.9. The predicted octanol–water partition coefficient (Wildman–Crippen LogP) is 3.93. The minimum atomic E-state index is -3.18. The van der Waals surface area contributed by atoms with Crippen LogP contribution in [0.25, 0.3) is 6.08 Å². The van der Waals surface area contributed by atoms with E-state index in [9.17, 15) is 13.2 Å². The second-order valence-electron chi connectivity index (χ2n) is 8.89. The average molecular weight is 468 g/mol. The van der Waals surface area contributed by atoms with Gasteiger partial charge in [-0.1, -0.05) is 49.2 Å². The lowest BCUT2D eigenvalue weighted by atomic mass is 10.1. The molecule has 0 aromatic heterocycles. The molecule has 2 fully saturated rings. The predicted molar refractivity (Wildman–Crippen MR) is 133 cm³/mol. The molecule has 176 valence electrons. The first-order chi connectivity index (χ1) is 16.0. The molecule has 2 aromatic carbocycles. The topological polar surface area (TPSA) is 69.7 Å². The highest BCUT2D eigenvalue weighted by Crippen LogP contribution is 2.24. The van der Waals surface area contributed by atoms with Crippen molar-refractivity contribution >= 4 is 27.7 Å². The number of hydrogen-bond donors (Lipinski definition) is 1. The summed E-state index contributed by atoms with van der Waals surface area (Å²) >= 11 is 0. The SMILES string of the molecule is O=C(/C=C/c1ccc(N2CCCS2(=O)=O)cc1)NCc1ccc(CN2CCCCCC2)cc1. The molecule has 2 saturated heterocycles. The van der Waals surface area contributed by atoms with Crippen molar-refractivity contribution in [2.75, 3.05) is 29.7 Å². The number of nitrogens with zero attached hydrogens (tertiary/aromatic N) is 2. The third kappa shape index (κ3) is 6.68. The van der Waals surface area contributed by atoms with Gasteiger partial charge in [-0.3, -0.25) is 14.0 Å². The normalized spacial score (nSPS) is 19.0. The molecule has 1 amide bonds. The number of likely N-dealkylation sites (tertiary alicyclic amines) is 1. The third-order valence-corrected chi connectivity index (χ3v) is 8.17. The number of amides is 1. The van der Waals surface area contributed by atoms with E-state index in [2.05, 4.69) is 34.5 Å². The number of hydrogen-bond acceptors (Lipinski definition) is 4. The summed E-state index contributed by atoms with van der Waals surface area (Å²) in [7, 11) is -3.18. The van der Waals surface area contributed by atoms with Crippen molar-refractivity contribution in [3.63, 3.8) is 0 Å². The molecule has 2 aromatic rings. The van der Waals surface area contributed by atoms with Crippen LogP contribution in [-0.4, -0.2) is 44.6 Å². The van der Waals surface area contributed by atoms with Gasteiger partial charge in [0.2, 0.25) is 15.9 Å². The summed E-state index contributed by atoms with van der Waals surface area (Å²) in [6, 6.07) is 15.7. The van der Waals surface area contributed by atoms with Gasteiger partial charge in [0.1, 0.15) is 0 Å². The van der Waals surface area contributed by atoms with E-state index in [1.54, 1.807) is 18.2 Å². The number of carbonyl (C=O) groups excluding carboxylic acids is 1. The van der Waals surface area contributed by atoms with Crippen molar-refractivity contribution in [3.05, 3.63) is 71.3 Å². The Morgan fingerprint density at radius 2 is 1.52 bits per heavy atom. The molecular formula is C26H33N3O3S. The van der Waals surface area contributed by atoms with Crippen LogP contribution in [0.2, 0.25) is 0 Å². The van der Waals surface area contributed by atoms with E-state index in [0.717, 1.165) is 17.7 Å². The first-order valence-corrected chi connectivity index (χ1v) is 13.5. The van der Waals surface area contributed by atoms with Crippen LogP contribution >= 0.6 is 0 Å². The summed E-state index contributed by atoms with van der Waals surface area (Å²) in [6.45, 7) is 4.38. The van der Waals surface area contributed by atoms with Crippen LogP contribution in [-0.2, 0) is 27.9 Å². The van der Waals surface area contributed by atoms with E-state index in [1.807, 2.05) is 12.1 Å². The van der Waals surface area contributed by atoms with E-state index in [4.69, 9.17) is 0 Å². The van der Waals surface area contributed by atoms with Crippen LogP contribution in [0.3, 0.4) is 0 Å². The van der Waals surface area contributed by atoms with Crippen molar-refractivity contribution in [2.45, 2.75) is 45.2 Å². The Labute approximate surface area is 197 Å². The summed E-state index contributed by atoms with van der Waals surface area (Å²) in [4.78, 5) is 14.8. The van der Waals surface area contributed by atoms with Gasteiger partial charge >= 0.3 is 0 Å². The second-order valence-corrected chi connectivity index (χ2v) is 10.9. The highest BCUT2D eigenvalue weighted by molar-refractivity contribution is 7.93. The molecule has 4 rings (SSSR count). The van der Waals surface area contributed by atoms with E-state index in [-0.39, 0.29) is 11.7 Å². The molecule has 0 radical (unpaired) electrons.